The van der Waals surface area contributed by atoms with Crippen LogP contribution < -0.4 is 5.32 Å². The number of hydrogen-bond donors (Lipinski definition) is 2. The summed E-state index contributed by atoms with van der Waals surface area (Å²) in [6, 6.07) is 4.89. The van der Waals surface area contributed by atoms with Gasteiger partial charge in [0, 0.05) is 5.54 Å². The summed E-state index contributed by atoms with van der Waals surface area (Å²) in [5, 5.41) is 12.0. The van der Waals surface area contributed by atoms with E-state index in [0.717, 1.165) is 0 Å². The molecular weight excluding hydrogens is 258 g/mol. The second-order valence-corrected chi connectivity index (χ2v) is 5.65. The van der Waals surface area contributed by atoms with Crippen molar-refractivity contribution in [3.8, 4) is 0 Å². The molecule has 0 radical (unpaired) electrons. The van der Waals surface area contributed by atoms with E-state index < -0.39 is 5.97 Å². The molecule has 1 aromatic heterocycles. The summed E-state index contributed by atoms with van der Waals surface area (Å²) in [4.78, 5) is 27.1. The van der Waals surface area contributed by atoms with Gasteiger partial charge in [0.1, 0.15) is 12.1 Å². The quantitative estimate of drug-likeness (QED) is 0.892. The highest BCUT2D eigenvalue weighted by Gasteiger charge is 2.16. The predicted molar refractivity (Wildman–Crippen MR) is 74.6 cm³/mol. The summed E-state index contributed by atoms with van der Waals surface area (Å²) in [6.45, 7) is 5.81. The number of nitrogens with zero attached hydrogens (tertiary/aromatic N) is 2. The van der Waals surface area contributed by atoms with Crippen molar-refractivity contribution >= 4 is 22.9 Å². The lowest BCUT2D eigenvalue weighted by Gasteiger charge is -2.20. The van der Waals surface area contributed by atoms with Gasteiger partial charge in [-0.05, 0) is 32.9 Å². The van der Waals surface area contributed by atoms with E-state index in [-0.39, 0.29) is 23.6 Å². The van der Waals surface area contributed by atoms with Crippen molar-refractivity contribution in [1.82, 2.24) is 14.9 Å². The summed E-state index contributed by atoms with van der Waals surface area (Å²) in [6.07, 6.45) is 1.49. The Morgan fingerprint density at radius 3 is 2.65 bits per heavy atom. The van der Waals surface area contributed by atoms with Gasteiger partial charge >= 0.3 is 5.97 Å². The molecule has 2 rings (SSSR count). The zero-order chi connectivity index (χ0) is 14.9. The van der Waals surface area contributed by atoms with Crippen molar-refractivity contribution in [3.63, 3.8) is 0 Å². The number of rotatable bonds is 3. The Balaban J connectivity index is 2.31. The number of imidazole rings is 1. The zero-order valence-electron chi connectivity index (χ0n) is 11.7. The van der Waals surface area contributed by atoms with E-state index >= 15 is 0 Å². The van der Waals surface area contributed by atoms with E-state index in [4.69, 9.17) is 5.11 Å². The first-order chi connectivity index (χ1) is 9.28. The van der Waals surface area contributed by atoms with E-state index in [1.54, 1.807) is 16.7 Å². The number of nitrogens with one attached hydrogen (secondary N) is 1. The first-order valence-corrected chi connectivity index (χ1v) is 6.26. The number of carbonyl (C=O) groups excluding carboxylic acids is 1. The fraction of sp³-hybridized carbons (Fsp3) is 0.357. The van der Waals surface area contributed by atoms with E-state index in [1.807, 2.05) is 20.8 Å². The van der Waals surface area contributed by atoms with Gasteiger partial charge in [-0.1, -0.05) is 6.07 Å². The lowest BCUT2D eigenvalue weighted by atomic mass is 10.1. The molecule has 0 aliphatic carbocycles. The number of aromatic nitrogens is 2. The topological polar surface area (TPSA) is 84.2 Å². The van der Waals surface area contributed by atoms with Gasteiger partial charge in [0.05, 0.1) is 17.4 Å². The molecule has 6 nitrogen and oxygen atoms in total. The Kier molecular flexibility index (Phi) is 3.48. The fourth-order valence-electron chi connectivity index (χ4n) is 2.00. The molecule has 6 heteroatoms. The van der Waals surface area contributed by atoms with E-state index in [9.17, 15) is 9.59 Å². The number of amides is 1. The average Bonchev–Trinajstić information content (AvgIpc) is 2.69. The first kappa shape index (κ1) is 14.0. The molecule has 0 aliphatic rings. The summed E-state index contributed by atoms with van der Waals surface area (Å²) < 4.78 is 1.64. The van der Waals surface area contributed by atoms with Gasteiger partial charge in [0.2, 0.25) is 5.91 Å². The molecule has 0 fully saturated rings. The maximum Gasteiger partial charge on any atom is 0.337 e. The van der Waals surface area contributed by atoms with Crippen molar-refractivity contribution in [1.29, 1.82) is 0 Å². The summed E-state index contributed by atoms with van der Waals surface area (Å²) in [5.74, 6) is -1.17. The third-order valence-electron chi connectivity index (χ3n) is 2.71. The molecule has 2 aromatic rings. The van der Waals surface area contributed by atoms with Crippen LogP contribution >= 0.6 is 0 Å². The Bertz CT molecular complexity index is 668. The zero-order valence-corrected chi connectivity index (χ0v) is 11.7. The number of carboxylic acid groups (broad SMARTS) is 1. The van der Waals surface area contributed by atoms with Crippen molar-refractivity contribution in [2.75, 3.05) is 0 Å². The predicted octanol–water partition coefficient (Wildman–Crippen LogP) is 1.65. The van der Waals surface area contributed by atoms with Gasteiger partial charge in [0.25, 0.3) is 0 Å². The maximum atomic E-state index is 11.9. The number of carboxylic acids is 1. The Morgan fingerprint density at radius 2 is 2.05 bits per heavy atom. The Hall–Kier alpha value is -2.37. The minimum absolute atomic E-state index is 0.108. The number of aromatic carboxylic acids is 1. The number of benzene rings is 1. The monoisotopic (exact) mass is 275 g/mol. The normalized spacial score (nSPS) is 11.6. The van der Waals surface area contributed by atoms with Crippen molar-refractivity contribution in [2.24, 2.45) is 0 Å². The molecular formula is C14H17N3O3. The fourth-order valence-corrected chi connectivity index (χ4v) is 2.00. The van der Waals surface area contributed by atoms with Crippen LogP contribution in [0.1, 0.15) is 31.1 Å². The SMILES string of the molecule is CC(C)(C)NC(=O)Cn1cnc2c(C(=O)O)cccc21. The Morgan fingerprint density at radius 1 is 1.35 bits per heavy atom. The molecule has 0 unspecified atom stereocenters. The molecule has 1 aromatic carbocycles. The van der Waals surface area contributed by atoms with E-state index in [1.165, 1.54) is 12.4 Å². The van der Waals surface area contributed by atoms with Crippen LogP contribution in [0, 0.1) is 0 Å². The number of fused-ring (bicyclic) bond motifs is 1. The third-order valence-corrected chi connectivity index (χ3v) is 2.71. The van der Waals surface area contributed by atoms with Crippen LogP contribution in [0.5, 0.6) is 0 Å². The van der Waals surface area contributed by atoms with Crippen LogP contribution in [0.4, 0.5) is 0 Å². The molecule has 1 amide bonds. The summed E-state index contributed by atoms with van der Waals surface area (Å²) >= 11 is 0. The molecule has 0 aliphatic heterocycles. The highest BCUT2D eigenvalue weighted by Crippen LogP contribution is 2.17. The number of hydrogen-bond acceptors (Lipinski definition) is 3. The van der Waals surface area contributed by atoms with Gasteiger partial charge in [-0.25, -0.2) is 9.78 Å². The van der Waals surface area contributed by atoms with Crippen molar-refractivity contribution < 1.29 is 14.7 Å². The molecule has 0 bridgehead atoms. The highest BCUT2D eigenvalue weighted by molar-refractivity contribution is 6.01. The molecule has 0 spiro atoms. The van der Waals surface area contributed by atoms with Gasteiger partial charge in [-0.3, -0.25) is 4.79 Å². The van der Waals surface area contributed by atoms with Crippen molar-refractivity contribution in [2.45, 2.75) is 32.9 Å². The smallest absolute Gasteiger partial charge is 0.337 e. The molecule has 0 atom stereocenters. The second kappa shape index (κ2) is 4.96. The first-order valence-electron chi connectivity index (χ1n) is 6.26. The second-order valence-electron chi connectivity index (χ2n) is 5.65. The van der Waals surface area contributed by atoms with E-state index in [2.05, 4.69) is 10.3 Å². The molecule has 0 saturated carbocycles. The van der Waals surface area contributed by atoms with Crippen LogP contribution in [0.15, 0.2) is 24.5 Å². The number of carbonyl (C=O) groups is 2. The van der Waals surface area contributed by atoms with Crippen LogP contribution in [0.25, 0.3) is 11.0 Å². The van der Waals surface area contributed by atoms with Crippen LogP contribution in [-0.4, -0.2) is 32.1 Å². The molecule has 106 valence electrons. The molecule has 0 saturated heterocycles. The molecule has 20 heavy (non-hydrogen) atoms. The van der Waals surface area contributed by atoms with Crippen LogP contribution in [-0.2, 0) is 11.3 Å². The Labute approximate surface area is 116 Å². The lowest BCUT2D eigenvalue weighted by Crippen LogP contribution is -2.42. The van der Waals surface area contributed by atoms with E-state index in [0.29, 0.717) is 11.0 Å². The van der Waals surface area contributed by atoms with Gasteiger partial charge in [-0.2, -0.15) is 0 Å². The van der Waals surface area contributed by atoms with Gasteiger partial charge in [-0.15, -0.1) is 0 Å². The molecule has 1 heterocycles. The summed E-state index contributed by atoms with van der Waals surface area (Å²) in [5.41, 5.74) is 0.856. The standard InChI is InChI=1S/C14H17N3O3/c1-14(2,3)16-11(18)7-17-8-15-12-9(13(19)20)5-4-6-10(12)17/h4-6,8H,7H2,1-3H3,(H,16,18)(H,19,20). The van der Waals surface area contributed by atoms with Crippen molar-refractivity contribution in [3.05, 3.63) is 30.1 Å². The average molecular weight is 275 g/mol. The lowest BCUT2D eigenvalue weighted by molar-refractivity contribution is -0.123. The maximum absolute atomic E-state index is 11.9. The largest absolute Gasteiger partial charge is 0.478 e. The summed E-state index contributed by atoms with van der Waals surface area (Å²) in [7, 11) is 0. The van der Waals surface area contributed by atoms with Gasteiger partial charge < -0.3 is 15.0 Å². The molecule has 2 N–H and O–H groups in total. The highest BCUT2D eigenvalue weighted by atomic mass is 16.4. The van der Waals surface area contributed by atoms with Crippen LogP contribution in [0.2, 0.25) is 0 Å². The third kappa shape index (κ3) is 2.96. The van der Waals surface area contributed by atoms with Crippen LogP contribution in [0.3, 0.4) is 0 Å². The van der Waals surface area contributed by atoms with Gasteiger partial charge in [0.15, 0.2) is 0 Å². The minimum Gasteiger partial charge on any atom is -0.478 e. The minimum atomic E-state index is -1.03. The number of para-hydroxylation sites is 1.